The van der Waals surface area contributed by atoms with Gasteiger partial charge in [-0.2, -0.15) is 0 Å². The number of rotatable bonds is 1. The Labute approximate surface area is 72.7 Å². The van der Waals surface area contributed by atoms with E-state index in [1.165, 1.54) is 12.8 Å². The summed E-state index contributed by atoms with van der Waals surface area (Å²) in [5, 5.41) is 3.46. The molecule has 0 bridgehead atoms. The largest absolute Gasteiger partial charge is 0.369 e. The SMILES string of the molecule is NC(=O)C1CCC12CCCCN2. The molecule has 0 radical (unpaired) electrons. The number of piperidine rings is 1. The van der Waals surface area contributed by atoms with Crippen molar-refractivity contribution in [2.24, 2.45) is 11.7 Å². The van der Waals surface area contributed by atoms with E-state index in [-0.39, 0.29) is 17.4 Å². The summed E-state index contributed by atoms with van der Waals surface area (Å²) in [6.07, 6.45) is 5.76. The molecule has 0 aromatic heterocycles. The van der Waals surface area contributed by atoms with Crippen molar-refractivity contribution in [2.75, 3.05) is 6.54 Å². The molecule has 1 saturated heterocycles. The molecular formula is C9H16N2O. The van der Waals surface area contributed by atoms with Crippen LogP contribution in [0.5, 0.6) is 0 Å². The Morgan fingerprint density at radius 1 is 1.42 bits per heavy atom. The van der Waals surface area contributed by atoms with Crippen LogP contribution in [-0.2, 0) is 4.79 Å². The average Bonchev–Trinajstić information content (AvgIpc) is 2.03. The number of nitrogens with one attached hydrogen (secondary N) is 1. The lowest BCUT2D eigenvalue weighted by molar-refractivity contribution is -0.130. The minimum Gasteiger partial charge on any atom is -0.369 e. The van der Waals surface area contributed by atoms with E-state index in [0.29, 0.717) is 0 Å². The predicted molar refractivity (Wildman–Crippen MR) is 46.5 cm³/mol. The number of primary amides is 1. The number of amides is 1. The van der Waals surface area contributed by atoms with Crippen LogP contribution >= 0.6 is 0 Å². The molecule has 1 aliphatic heterocycles. The zero-order valence-corrected chi connectivity index (χ0v) is 7.31. The van der Waals surface area contributed by atoms with Crippen LogP contribution in [-0.4, -0.2) is 18.0 Å². The van der Waals surface area contributed by atoms with Gasteiger partial charge in [0.25, 0.3) is 0 Å². The fourth-order valence-electron chi connectivity index (χ4n) is 2.55. The molecule has 1 amide bonds. The Balaban J connectivity index is 2.05. The lowest BCUT2D eigenvalue weighted by Gasteiger charge is -2.51. The maximum atomic E-state index is 11.0. The fraction of sp³-hybridized carbons (Fsp3) is 0.889. The van der Waals surface area contributed by atoms with Crippen LogP contribution in [0.2, 0.25) is 0 Å². The van der Waals surface area contributed by atoms with Gasteiger partial charge in [0.15, 0.2) is 0 Å². The van der Waals surface area contributed by atoms with Gasteiger partial charge in [0.05, 0.1) is 5.92 Å². The smallest absolute Gasteiger partial charge is 0.222 e. The first kappa shape index (κ1) is 8.05. The Bertz CT molecular complexity index is 197. The van der Waals surface area contributed by atoms with E-state index in [4.69, 9.17) is 5.73 Å². The zero-order valence-electron chi connectivity index (χ0n) is 7.31. The van der Waals surface area contributed by atoms with Crippen LogP contribution in [0.25, 0.3) is 0 Å². The number of carbonyl (C=O) groups excluding carboxylic acids is 1. The van der Waals surface area contributed by atoms with E-state index in [0.717, 1.165) is 25.8 Å². The summed E-state index contributed by atoms with van der Waals surface area (Å²) in [4.78, 5) is 11.0. The minimum absolute atomic E-state index is 0.109. The molecule has 3 nitrogen and oxygen atoms in total. The molecular weight excluding hydrogens is 152 g/mol. The van der Waals surface area contributed by atoms with Crippen molar-refractivity contribution in [3.8, 4) is 0 Å². The van der Waals surface area contributed by atoms with Crippen molar-refractivity contribution in [3.63, 3.8) is 0 Å². The highest BCUT2D eigenvalue weighted by Gasteiger charge is 2.49. The van der Waals surface area contributed by atoms with Gasteiger partial charge in [0.1, 0.15) is 0 Å². The molecule has 2 aliphatic rings. The highest BCUT2D eigenvalue weighted by atomic mass is 16.1. The van der Waals surface area contributed by atoms with Gasteiger partial charge in [0.2, 0.25) is 5.91 Å². The van der Waals surface area contributed by atoms with Crippen molar-refractivity contribution in [3.05, 3.63) is 0 Å². The molecule has 2 rings (SSSR count). The van der Waals surface area contributed by atoms with E-state index in [1.807, 2.05) is 0 Å². The fourth-order valence-corrected chi connectivity index (χ4v) is 2.55. The highest BCUT2D eigenvalue weighted by Crippen LogP contribution is 2.43. The van der Waals surface area contributed by atoms with Gasteiger partial charge < -0.3 is 11.1 Å². The number of hydrogen-bond acceptors (Lipinski definition) is 2. The normalized spacial score (nSPS) is 40.8. The first-order valence-corrected chi connectivity index (χ1v) is 4.79. The third kappa shape index (κ3) is 1.04. The molecule has 3 heteroatoms. The van der Waals surface area contributed by atoms with Gasteiger partial charge in [-0.15, -0.1) is 0 Å². The molecule has 2 unspecified atom stereocenters. The van der Waals surface area contributed by atoms with Crippen LogP contribution in [0.15, 0.2) is 0 Å². The second-order valence-electron chi connectivity index (χ2n) is 4.03. The predicted octanol–water partition coefficient (Wildman–Crippen LogP) is 0.394. The molecule has 1 spiro atoms. The second kappa shape index (κ2) is 2.73. The van der Waals surface area contributed by atoms with Crippen molar-refractivity contribution < 1.29 is 4.79 Å². The van der Waals surface area contributed by atoms with Gasteiger partial charge in [0, 0.05) is 5.54 Å². The highest BCUT2D eigenvalue weighted by molar-refractivity contribution is 5.79. The molecule has 2 atom stereocenters. The monoisotopic (exact) mass is 168 g/mol. The summed E-state index contributed by atoms with van der Waals surface area (Å²) in [5.41, 5.74) is 5.44. The zero-order chi connectivity index (χ0) is 8.60. The number of hydrogen-bond donors (Lipinski definition) is 2. The lowest BCUT2D eigenvalue weighted by atomic mass is 9.62. The second-order valence-corrected chi connectivity index (χ2v) is 4.03. The van der Waals surface area contributed by atoms with Gasteiger partial charge >= 0.3 is 0 Å². The molecule has 3 N–H and O–H groups in total. The van der Waals surface area contributed by atoms with Gasteiger partial charge in [-0.25, -0.2) is 0 Å². The van der Waals surface area contributed by atoms with Crippen LogP contribution in [0.1, 0.15) is 32.1 Å². The summed E-state index contributed by atoms with van der Waals surface area (Å²) < 4.78 is 0. The van der Waals surface area contributed by atoms with E-state index in [9.17, 15) is 4.79 Å². The summed E-state index contributed by atoms with van der Waals surface area (Å²) in [5.74, 6) is -0.00606. The van der Waals surface area contributed by atoms with E-state index in [1.54, 1.807) is 0 Å². The van der Waals surface area contributed by atoms with Crippen molar-refractivity contribution in [1.82, 2.24) is 5.32 Å². The van der Waals surface area contributed by atoms with Crippen molar-refractivity contribution in [2.45, 2.75) is 37.6 Å². The molecule has 2 fully saturated rings. The number of carbonyl (C=O) groups is 1. The Kier molecular flexibility index (Phi) is 1.83. The maximum Gasteiger partial charge on any atom is 0.222 e. The van der Waals surface area contributed by atoms with E-state index < -0.39 is 0 Å². The van der Waals surface area contributed by atoms with Crippen molar-refractivity contribution >= 4 is 5.91 Å². The molecule has 12 heavy (non-hydrogen) atoms. The van der Waals surface area contributed by atoms with Crippen molar-refractivity contribution in [1.29, 1.82) is 0 Å². The third-order valence-corrected chi connectivity index (χ3v) is 3.42. The van der Waals surface area contributed by atoms with E-state index >= 15 is 0 Å². The number of nitrogens with two attached hydrogens (primary N) is 1. The quantitative estimate of drug-likeness (QED) is 0.595. The third-order valence-electron chi connectivity index (χ3n) is 3.42. The maximum absolute atomic E-state index is 11.0. The Morgan fingerprint density at radius 3 is 2.67 bits per heavy atom. The van der Waals surface area contributed by atoms with Gasteiger partial charge in [-0.3, -0.25) is 4.79 Å². The molecule has 0 aromatic rings. The molecule has 1 aliphatic carbocycles. The summed E-state index contributed by atoms with van der Waals surface area (Å²) in [7, 11) is 0. The van der Waals surface area contributed by atoms with E-state index in [2.05, 4.69) is 5.32 Å². The summed E-state index contributed by atoms with van der Waals surface area (Å²) >= 11 is 0. The topological polar surface area (TPSA) is 55.1 Å². The van der Waals surface area contributed by atoms with Gasteiger partial charge in [-0.05, 0) is 32.2 Å². The standard InChI is InChI=1S/C9H16N2O/c10-8(12)7-3-5-9(7)4-1-2-6-11-9/h7,11H,1-6H2,(H2,10,12). The average molecular weight is 168 g/mol. The van der Waals surface area contributed by atoms with Crippen LogP contribution in [0, 0.1) is 5.92 Å². The van der Waals surface area contributed by atoms with Crippen LogP contribution < -0.4 is 11.1 Å². The van der Waals surface area contributed by atoms with Crippen LogP contribution in [0.4, 0.5) is 0 Å². The van der Waals surface area contributed by atoms with Crippen LogP contribution in [0.3, 0.4) is 0 Å². The summed E-state index contributed by atoms with van der Waals surface area (Å²) in [6, 6.07) is 0. The Hall–Kier alpha value is -0.570. The molecule has 1 heterocycles. The minimum atomic E-state index is -0.115. The molecule has 68 valence electrons. The first-order chi connectivity index (χ1) is 5.75. The molecule has 1 saturated carbocycles. The van der Waals surface area contributed by atoms with Gasteiger partial charge in [-0.1, -0.05) is 6.42 Å². The Morgan fingerprint density at radius 2 is 2.25 bits per heavy atom. The molecule has 0 aromatic carbocycles. The lowest BCUT2D eigenvalue weighted by Crippen LogP contribution is -2.63. The summed E-state index contributed by atoms with van der Waals surface area (Å²) in [6.45, 7) is 1.06. The first-order valence-electron chi connectivity index (χ1n) is 4.79.